The van der Waals surface area contributed by atoms with Crippen molar-refractivity contribution >= 4 is 23.2 Å². The fourth-order valence-electron chi connectivity index (χ4n) is 2.92. The highest BCUT2D eigenvalue weighted by Gasteiger charge is 2.13. The molecule has 0 unspecified atom stereocenters. The third kappa shape index (κ3) is 4.84. The van der Waals surface area contributed by atoms with Gasteiger partial charge in [-0.3, -0.25) is 4.79 Å². The number of carbonyl (C=O) groups excluding carboxylic acids is 1. The molecular formula is C23H22ClNO3. The van der Waals surface area contributed by atoms with E-state index in [0.29, 0.717) is 28.0 Å². The van der Waals surface area contributed by atoms with Crippen LogP contribution < -0.4 is 14.8 Å². The predicted octanol–water partition coefficient (Wildman–Crippen LogP) is 5.94. The van der Waals surface area contributed by atoms with Crippen molar-refractivity contribution in [3.05, 3.63) is 82.4 Å². The molecule has 3 aromatic carbocycles. The molecule has 0 bridgehead atoms. The molecule has 0 saturated heterocycles. The van der Waals surface area contributed by atoms with Crippen LogP contribution in [0, 0.1) is 13.8 Å². The average molecular weight is 396 g/mol. The summed E-state index contributed by atoms with van der Waals surface area (Å²) in [6.45, 7) is 4.04. The van der Waals surface area contributed by atoms with Crippen molar-refractivity contribution < 1.29 is 14.3 Å². The molecule has 1 amide bonds. The van der Waals surface area contributed by atoms with Gasteiger partial charge in [-0.05, 0) is 55.3 Å². The minimum absolute atomic E-state index is 0.140. The first-order valence-corrected chi connectivity index (χ1v) is 9.30. The van der Waals surface area contributed by atoms with Crippen molar-refractivity contribution in [2.75, 3.05) is 12.4 Å². The number of carbonyl (C=O) groups is 1. The summed E-state index contributed by atoms with van der Waals surface area (Å²) < 4.78 is 11.3. The summed E-state index contributed by atoms with van der Waals surface area (Å²) in [4.78, 5) is 12.6. The number of hydrogen-bond donors (Lipinski definition) is 1. The molecule has 0 atom stereocenters. The lowest BCUT2D eigenvalue weighted by atomic mass is 10.0. The highest BCUT2D eigenvalue weighted by atomic mass is 35.5. The maximum absolute atomic E-state index is 12.6. The molecule has 3 rings (SSSR count). The summed E-state index contributed by atoms with van der Waals surface area (Å²) in [5.74, 6) is 1.50. The van der Waals surface area contributed by atoms with Crippen molar-refractivity contribution in [1.82, 2.24) is 0 Å². The number of halogens is 1. The maximum Gasteiger partial charge on any atom is 0.228 e. The number of para-hydroxylation sites is 2. The van der Waals surface area contributed by atoms with Gasteiger partial charge in [-0.1, -0.05) is 47.5 Å². The lowest BCUT2D eigenvalue weighted by Gasteiger charge is -2.15. The van der Waals surface area contributed by atoms with Crippen LogP contribution in [0.15, 0.2) is 60.7 Å². The molecule has 3 aromatic rings. The molecule has 0 aliphatic carbocycles. The third-order valence-corrected chi connectivity index (χ3v) is 4.59. The average Bonchev–Trinajstić information content (AvgIpc) is 2.66. The molecule has 28 heavy (non-hydrogen) atoms. The van der Waals surface area contributed by atoms with E-state index in [1.165, 1.54) is 5.56 Å². The molecule has 4 nitrogen and oxygen atoms in total. The van der Waals surface area contributed by atoms with Crippen LogP contribution >= 0.6 is 11.6 Å². The monoisotopic (exact) mass is 395 g/mol. The van der Waals surface area contributed by atoms with Crippen LogP contribution in [-0.2, 0) is 11.2 Å². The molecule has 0 heterocycles. The van der Waals surface area contributed by atoms with Crippen molar-refractivity contribution in [1.29, 1.82) is 0 Å². The summed E-state index contributed by atoms with van der Waals surface area (Å²) in [6, 6.07) is 18.5. The highest BCUT2D eigenvalue weighted by Crippen LogP contribution is 2.36. The van der Waals surface area contributed by atoms with Crippen molar-refractivity contribution in [2.45, 2.75) is 20.3 Å². The maximum atomic E-state index is 12.6. The van der Waals surface area contributed by atoms with Gasteiger partial charge in [-0.25, -0.2) is 0 Å². The summed E-state index contributed by atoms with van der Waals surface area (Å²) in [7, 11) is 1.58. The first-order valence-electron chi connectivity index (χ1n) is 8.92. The fraction of sp³-hybridized carbons (Fsp3) is 0.174. The number of benzene rings is 3. The zero-order valence-electron chi connectivity index (χ0n) is 16.1. The quantitative estimate of drug-likeness (QED) is 0.561. The van der Waals surface area contributed by atoms with Gasteiger partial charge in [-0.15, -0.1) is 0 Å². The van der Waals surface area contributed by atoms with E-state index in [1.54, 1.807) is 31.4 Å². The topological polar surface area (TPSA) is 47.6 Å². The third-order valence-electron chi connectivity index (χ3n) is 4.35. The van der Waals surface area contributed by atoms with E-state index < -0.39 is 0 Å². The van der Waals surface area contributed by atoms with Crippen LogP contribution in [0.2, 0.25) is 5.02 Å². The smallest absolute Gasteiger partial charge is 0.228 e. The summed E-state index contributed by atoms with van der Waals surface area (Å²) >= 11 is 6.13. The fourth-order valence-corrected chi connectivity index (χ4v) is 3.09. The molecule has 0 aromatic heterocycles. The van der Waals surface area contributed by atoms with Crippen molar-refractivity contribution in [3.8, 4) is 17.2 Å². The Morgan fingerprint density at radius 3 is 2.43 bits per heavy atom. The second-order valence-corrected chi connectivity index (χ2v) is 6.98. The van der Waals surface area contributed by atoms with Crippen LogP contribution in [0.5, 0.6) is 17.2 Å². The molecule has 144 valence electrons. The van der Waals surface area contributed by atoms with Gasteiger partial charge in [0, 0.05) is 5.02 Å². The number of hydrogen-bond acceptors (Lipinski definition) is 3. The molecule has 0 radical (unpaired) electrons. The second-order valence-electron chi connectivity index (χ2n) is 6.55. The Balaban J connectivity index is 1.81. The number of aryl methyl sites for hydroxylation is 2. The Morgan fingerprint density at radius 2 is 1.71 bits per heavy atom. The normalized spacial score (nSPS) is 10.4. The van der Waals surface area contributed by atoms with E-state index in [0.717, 1.165) is 11.1 Å². The molecule has 1 N–H and O–H groups in total. The molecule has 0 aliphatic rings. The Hall–Kier alpha value is -2.98. The lowest BCUT2D eigenvalue weighted by Crippen LogP contribution is -2.15. The standard InChI is InChI=1S/C23H22ClNO3/c1-15-8-9-17(16(2)12-15)13-23(26)25-19-14-18(24)10-11-20(19)28-22-7-5-4-6-21(22)27-3/h4-12,14H,13H2,1-3H3,(H,25,26). The molecule has 0 aliphatic heterocycles. The minimum Gasteiger partial charge on any atom is -0.493 e. The number of rotatable bonds is 6. The predicted molar refractivity (Wildman–Crippen MR) is 113 cm³/mol. The second kappa shape index (κ2) is 8.81. The highest BCUT2D eigenvalue weighted by molar-refractivity contribution is 6.31. The van der Waals surface area contributed by atoms with E-state index in [9.17, 15) is 4.79 Å². The Bertz CT molecular complexity index is 1000. The molecule has 5 heteroatoms. The first kappa shape index (κ1) is 19.8. The van der Waals surface area contributed by atoms with E-state index in [2.05, 4.69) is 11.4 Å². The lowest BCUT2D eigenvalue weighted by molar-refractivity contribution is -0.115. The van der Waals surface area contributed by atoms with E-state index in [1.807, 2.05) is 44.2 Å². The minimum atomic E-state index is -0.140. The van der Waals surface area contributed by atoms with Crippen molar-refractivity contribution in [3.63, 3.8) is 0 Å². The first-order chi connectivity index (χ1) is 13.5. The number of ether oxygens (including phenoxy) is 2. The van der Waals surface area contributed by atoms with Gasteiger partial charge in [-0.2, -0.15) is 0 Å². The zero-order valence-corrected chi connectivity index (χ0v) is 16.8. The van der Waals surface area contributed by atoms with Crippen LogP contribution in [0.4, 0.5) is 5.69 Å². The van der Waals surface area contributed by atoms with Gasteiger partial charge in [0.1, 0.15) is 0 Å². The number of anilines is 1. The van der Waals surface area contributed by atoms with Crippen LogP contribution in [0.25, 0.3) is 0 Å². The van der Waals surface area contributed by atoms with Crippen LogP contribution in [-0.4, -0.2) is 13.0 Å². The van der Waals surface area contributed by atoms with Crippen molar-refractivity contribution in [2.24, 2.45) is 0 Å². The van der Waals surface area contributed by atoms with Gasteiger partial charge in [0.25, 0.3) is 0 Å². The molecule has 0 fully saturated rings. The van der Waals surface area contributed by atoms with E-state index >= 15 is 0 Å². The van der Waals surface area contributed by atoms with Gasteiger partial charge < -0.3 is 14.8 Å². The summed E-state index contributed by atoms with van der Waals surface area (Å²) in [5, 5.41) is 3.42. The van der Waals surface area contributed by atoms with Crippen LogP contribution in [0.1, 0.15) is 16.7 Å². The summed E-state index contributed by atoms with van der Waals surface area (Å²) in [6.07, 6.45) is 0.271. The number of nitrogens with one attached hydrogen (secondary N) is 1. The van der Waals surface area contributed by atoms with Gasteiger partial charge >= 0.3 is 0 Å². The Kier molecular flexibility index (Phi) is 6.22. The SMILES string of the molecule is COc1ccccc1Oc1ccc(Cl)cc1NC(=O)Cc1ccc(C)cc1C. The van der Waals surface area contributed by atoms with Gasteiger partial charge in [0.15, 0.2) is 17.2 Å². The molecule has 0 spiro atoms. The van der Waals surface area contributed by atoms with Gasteiger partial charge in [0.2, 0.25) is 5.91 Å². The van der Waals surface area contributed by atoms with E-state index in [-0.39, 0.29) is 12.3 Å². The Morgan fingerprint density at radius 1 is 0.964 bits per heavy atom. The zero-order chi connectivity index (χ0) is 20.1. The molecule has 0 saturated carbocycles. The number of methoxy groups -OCH3 is 1. The van der Waals surface area contributed by atoms with Crippen LogP contribution in [0.3, 0.4) is 0 Å². The van der Waals surface area contributed by atoms with E-state index in [4.69, 9.17) is 21.1 Å². The number of amides is 1. The Labute approximate surface area is 170 Å². The summed E-state index contributed by atoms with van der Waals surface area (Å²) in [5.41, 5.74) is 3.75. The largest absolute Gasteiger partial charge is 0.493 e. The van der Waals surface area contributed by atoms with Gasteiger partial charge in [0.05, 0.1) is 19.2 Å². The molecular weight excluding hydrogens is 374 g/mol.